The number of carbonyl (C=O) groups excluding carboxylic acids is 4. The summed E-state index contributed by atoms with van der Waals surface area (Å²) in [6.45, 7) is 3.41. The van der Waals surface area contributed by atoms with Crippen molar-refractivity contribution in [1.82, 2.24) is 9.58 Å². The third-order valence-electron chi connectivity index (χ3n) is 5.84. The largest absolute Gasteiger partial charge is 0.459 e. The summed E-state index contributed by atoms with van der Waals surface area (Å²) in [7, 11) is 0. The maximum absolute atomic E-state index is 12.8. The molecule has 0 radical (unpaired) electrons. The van der Waals surface area contributed by atoms with Crippen molar-refractivity contribution >= 4 is 23.6 Å². The van der Waals surface area contributed by atoms with E-state index in [1.807, 2.05) is 6.07 Å². The zero-order valence-corrected chi connectivity index (χ0v) is 18.9. The van der Waals surface area contributed by atoms with Crippen LogP contribution in [0.5, 0.6) is 0 Å². The van der Waals surface area contributed by atoms with Crippen molar-refractivity contribution in [3.8, 4) is 0 Å². The topological polar surface area (TPSA) is 111 Å². The number of esters is 1. The van der Waals surface area contributed by atoms with Gasteiger partial charge >= 0.3 is 5.97 Å². The van der Waals surface area contributed by atoms with Gasteiger partial charge in [0.2, 0.25) is 5.78 Å². The Morgan fingerprint density at radius 2 is 1.85 bits per heavy atom. The fourth-order valence-electron chi connectivity index (χ4n) is 4.08. The standard InChI is InChI=1S/C25H25N3O6/c1-16-14-19(17(2)28(16)26-23(30)18-8-4-3-5-9-18)21(29)15-34-25(32)20-10-6-12-27(20)24(31)22-11-7-13-33-22/h3-5,7-9,11,13-14,20H,6,10,12,15H2,1-2H3,(H,26,30). The Morgan fingerprint density at radius 1 is 1.09 bits per heavy atom. The van der Waals surface area contributed by atoms with Crippen LogP contribution in [0, 0.1) is 13.8 Å². The zero-order valence-electron chi connectivity index (χ0n) is 18.9. The molecule has 1 aromatic carbocycles. The van der Waals surface area contributed by atoms with Crippen LogP contribution in [0.3, 0.4) is 0 Å². The van der Waals surface area contributed by atoms with Crippen LogP contribution in [-0.4, -0.2) is 52.3 Å². The molecule has 9 nitrogen and oxygen atoms in total. The average Bonchev–Trinajstić information content (AvgIpc) is 3.60. The number of amides is 2. The molecule has 3 heterocycles. The molecule has 1 atom stereocenters. The summed E-state index contributed by atoms with van der Waals surface area (Å²) in [6, 6.07) is 12.8. The molecule has 1 aliphatic rings. The van der Waals surface area contributed by atoms with Crippen LogP contribution in [0.2, 0.25) is 0 Å². The summed E-state index contributed by atoms with van der Waals surface area (Å²) < 4.78 is 12.0. The van der Waals surface area contributed by atoms with Crippen LogP contribution in [0.4, 0.5) is 0 Å². The van der Waals surface area contributed by atoms with Crippen molar-refractivity contribution in [2.45, 2.75) is 32.7 Å². The van der Waals surface area contributed by atoms with Crippen LogP contribution in [0.1, 0.15) is 55.5 Å². The first-order valence-corrected chi connectivity index (χ1v) is 11.0. The number of hydrogen-bond acceptors (Lipinski definition) is 6. The van der Waals surface area contributed by atoms with Gasteiger partial charge in [0.1, 0.15) is 6.04 Å². The van der Waals surface area contributed by atoms with E-state index in [1.54, 1.807) is 56.3 Å². The smallest absolute Gasteiger partial charge is 0.329 e. The molecule has 0 saturated carbocycles. The van der Waals surface area contributed by atoms with Crippen LogP contribution < -0.4 is 5.43 Å². The second-order valence-corrected chi connectivity index (χ2v) is 8.09. The Hall–Kier alpha value is -4.14. The number of nitrogens with zero attached hydrogens (tertiary/aromatic N) is 2. The lowest BCUT2D eigenvalue weighted by molar-refractivity contribution is -0.147. The van der Waals surface area contributed by atoms with E-state index in [9.17, 15) is 19.2 Å². The quantitative estimate of drug-likeness (QED) is 0.426. The molecule has 1 saturated heterocycles. The number of benzene rings is 1. The summed E-state index contributed by atoms with van der Waals surface area (Å²) in [5.41, 5.74) is 4.79. The molecule has 34 heavy (non-hydrogen) atoms. The van der Waals surface area contributed by atoms with Crippen LogP contribution in [0.15, 0.2) is 59.2 Å². The maximum atomic E-state index is 12.8. The van der Waals surface area contributed by atoms with Crippen LogP contribution in [0.25, 0.3) is 0 Å². The second kappa shape index (κ2) is 9.78. The fraction of sp³-hybridized carbons (Fsp3) is 0.280. The molecular formula is C25H25N3O6. The highest BCUT2D eigenvalue weighted by Gasteiger charge is 2.37. The van der Waals surface area contributed by atoms with E-state index in [0.29, 0.717) is 41.9 Å². The lowest BCUT2D eigenvalue weighted by atomic mass is 10.1. The van der Waals surface area contributed by atoms with Gasteiger partial charge in [0.25, 0.3) is 11.8 Å². The van der Waals surface area contributed by atoms with Gasteiger partial charge in [-0.3, -0.25) is 24.5 Å². The number of Topliss-reactive ketones (excluding diaryl/α,β-unsaturated/α-hetero) is 1. The molecule has 1 N–H and O–H groups in total. The lowest BCUT2D eigenvalue weighted by Crippen LogP contribution is -2.41. The number of rotatable bonds is 7. The molecule has 0 aliphatic carbocycles. The van der Waals surface area contributed by atoms with Gasteiger partial charge in [-0.15, -0.1) is 0 Å². The van der Waals surface area contributed by atoms with E-state index in [2.05, 4.69) is 5.43 Å². The van der Waals surface area contributed by atoms with Gasteiger partial charge < -0.3 is 14.1 Å². The SMILES string of the molecule is Cc1cc(C(=O)COC(=O)C2CCCN2C(=O)c2ccco2)c(C)n1NC(=O)c1ccccc1. The van der Waals surface area contributed by atoms with Gasteiger partial charge in [-0.25, -0.2) is 4.79 Å². The monoisotopic (exact) mass is 463 g/mol. The second-order valence-electron chi connectivity index (χ2n) is 8.09. The van der Waals surface area contributed by atoms with Crippen molar-refractivity contribution in [2.24, 2.45) is 0 Å². The van der Waals surface area contributed by atoms with E-state index in [-0.39, 0.29) is 17.6 Å². The molecule has 176 valence electrons. The van der Waals surface area contributed by atoms with Crippen LogP contribution >= 0.6 is 0 Å². The van der Waals surface area contributed by atoms with Gasteiger partial charge in [-0.1, -0.05) is 18.2 Å². The van der Waals surface area contributed by atoms with Crippen molar-refractivity contribution < 1.29 is 28.3 Å². The third kappa shape index (κ3) is 4.63. The maximum Gasteiger partial charge on any atom is 0.329 e. The zero-order chi connectivity index (χ0) is 24.2. The summed E-state index contributed by atoms with van der Waals surface area (Å²) in [6.07, 6.45) is 2.51. The first-order valence-electron chi connectivity index (χ1n) is 11.0. The molecule has 3 aromatic rings. The fourth-order valence-corrected chi connectivity index (χ4v) is 4.08. The number of furan rings is 1. The normalized spacial score (nSPS) is 15.2. The first kappa shape index (κ1) is 23.0. The van der Waals surface area contributed by atoms with Crippen molar-refractivity contribution in [1.29, 1.82) is 0 Å². The van der Waals surface area contributed by atoms with E-state index in [0.717, 1.165) is 0 Å². The summed E-state index contributed by atoms with van der Waals surface area (Å²) in [5.74, 6) is -1.56. The predicted octanol–water partition coefficient (Wildman–Crippen LogP) is 3.11. The number of aromatic nitrogens is 1. The molecular weight excluding hydrogens is 438 g/mol. The highest BCUT2D eigenvalue weighted by atomic mass is 16.5. The van der Waals surface area contributed by atoms with Gasteiger partial charge in [0, 0.05) is 29.1 Å². The molecule has 0 spiro atoms. The third-order valence-corrected chi connectivity index (χ3v) is 5.84. The molecule has 2 aromatic heterocycles. The predicted molar refractivity (Wildman–Crippen MR) is 122 cm³/mol. The Kier molecular flexibility index (Phi) is 6.62. The van der Waals surface area contributed by atoms with Crippen LogP contribution in [-0.2, 0) is 9.53 Å². The Labute approximate surface area is 196 Å². The lowest BCUT2D eigenvalue weighted by Gasteiger charge is -2.22. The highest BCUT2D eigenvalue weighted by molar-refractivity contribution is 6.02. The minimum Gasteiger partial charge on any atom is -0.459 e. The molecule has 1 unspecified atom stereocenters. The molecule has 1 aliphatic heterocycles. The van der Waals surface area contributed by atoms with E-state index in [1.165, 1.54) is 15.8 Å². The summed E-state index contributed by atoms with van der Waals surface area (Å²) in [4.78, 5) is 52.0. The first-order chi connectivity index (χ1) is 16.4. The van der Waals surface area contributed by atoms with E-state index in [4.69, 9.17) is 9.15 Å². The summed E-state index contributed by atoms with van der Waals surface area (Å²) in [5, 5.41) is 0. The van der Waals surface area contributed by atoms with Crippen molar-refractivity contribution in [2.75, 3.05) is 18.6 Å². The molecule has 0 bridgehead atoms. The number of likely N-dealkylation sites (tertiary alicyclic amines) is 1. The van der Waals surface area contributed by atoms with Gasteiger partial charge in [0.15, 0.2) is 12.4 Å². The molecule has 2 amide bonds. The Bertz CT molecular complexity index is 1210. The molecule has 9 heteroatoms. The van der Waals surface area contributed by atoms with E-state index < -0.39 is 24.4 Å². The van der Waals surface area contributed by atoms with Gasteiger partial charge in [0.05, 0.1) is 6.26 Å². The van der Waals surface area contributed by atoms with E-state index >= 15 is 0 Å². The summed E-state index contributed by atoms with van der Waals surface area (Å²) >= 11 is 0. The number of aryl methyl sites for hydroxylation is 1. The minimum atomic E-state index is -0.761. The van der Waals surface area contributed by atoms with Gasteiger partial charge in [-0.05, 0) is 57.0 Å². The highest BCUT2D eigenvalue weighted by Crippen LogP contribution is 2.22. The van der Waals surface area contributed by atoms with Crippen molar-refractivity contribution in [3.63, 3.8) is 0 Å². The Morgan fingerprint density at radius 3 is 2.56 bits per heavy atom. The average molecular weight is 463 g/mol. The minimum absolute atomic E-state index is 0.153. The number of ether oxygens (including phenoxy) is 1. The van der Waals surface area contributed by atoms with Gasteiger partial charge in [-0.2, -0.15) is 0 Å². The van der Waals surface area contributed by atoms with Crippen molar-refractivity contribution in [3.05, 3.63) is 83.1 Å². The number of ketones is 1. The molecule has 1 fully saturated rings. The number of hydrogen-bond donors (Lipinski definition) is 1. The number of carbonyl (C=O) groups is 4. The number of nitrogens with one attached hydrogen (secondary N) is 1. The molecule has 4 rings (SSSR count). The Balaban J connectivity index is 1.39.